The zero-order valence-corrected chi connectivity index (χ0v) is 15.3. The van der Waals surface area contributed by atoms with Crippen molar-refractivity contribution in [1.29, 1.82) is 0 Å². The molecule has 2 rings (SSSR count). The Morgan fingerprint density at radius 2 is 1.92 bits per heavy atom. The van der Waals surface area contributed by atoms with E-state index in [2.05, 4.69) is 10.6 Å². The van der Waals surface area contributed by atoms with Gasteiger partial charge in [0.15, 0.2) is 6.10 Å². The van der Waals surface area contributed by atoms with Crippen LogP contribution in [0.3, 0.4) is 0 Å². The Hall–Kier alpha value is -2.31. The van der Waals surface area contributed by atoms with Crippen molar-refractivity contribution in [2.45, 2.75) is 72.1 Å². The molecule has 0 radical (unpaired) electrons. The van der Waals surface area contributed by atoms with Crippen molar-refractivity contribution in [3.8, 4) is 0 Å². The van der Waals surface area contributed by atoms with Crippen LogP contribution in [-0.2, 0) is 16.1 Å². The fraction of sp³-hybridized carbons (Fsp3) is 0.611. The number of hydrogen-bond acceptors (Lipinski definition) is 4. The van der Waals surface area contributed by atoms with Crippen molar-refractivity contribution in [2.24, 2.45) is 0 Å². The van der Waals surface area contributed by atoms with Gasteiger partial charge in [-0.15, -0.1) is 0 Å². The number of urea groups is 1. The molecule has 0 bridgehead atoms. The van der Waals surface area contributed by atoms with E-state index in [4.69, 9.17) is 4.74 Å². The van der Waals surface area contributed by atoms with Crippen molar-refractivity contribution >= 4 is 17.9 Å². The summed E-state index contributed by atoms with van der Waals surface area (Å²) in [7, 11) is 0. The summed E-state index contributed by atoms with van der Waals surface area (Å²) in [5.74, 6) is -1.19. The lowest BCUT2D eigenvalue weighted by Gasteiger charge is -2.15. The average molecular weight is 349 g/mol. The van der Waals surface area contributed by atoms with E-state index in [1.807, 2.05) is 25.3 Å². The maximum absolute atomic E-state index is 12.3. The second-order valence-corrected chi connectivity index (χ2v) is 6.52. The third kappa shape index (κ3) is 4.61. The van der Waals surface area contributed by atoms with E-state index >= 15 is 0 Å². The van der Waals surface area contributed by atoms with E-state index < -0.39 is 24.0 Å². The van der Waals surface area contributed by atoms with Crippen molar-refractivity contribution < 1.29 is 19.1 Å². The number of nitrogens with one attached hydrogen (secondary N) is 2. The highest BCUT2D eigenvalue weighted by Crippen LogP contribution is 2.18. The molecule has 0 saturated heterocycles. The van der Waals surface area contributed by atoms with Crippen molar-refractivity contribution in [3.63, 3.8) is 0 Å². The summed E-state index contributed by atoms with van der Waals surface area (Å²) in [6.07, 6.45) is 2.98. The first kappa shape index (κ1) is 19.0. The molecule has 0 aromatic carbocycles. The Morgan fingerprint density at radius 1 is 1.28 bits per heavy atom. The molecule has 25 heavy (non-hydrogen) atoms. The van der Waals surface area contributed by atoms with E-state index in [0.717, 1.165) is 43.6 Å². The molecular formula is C18H27N3O4. The smallest absolute Gasteiger partial charge is 0.340 e. The first-order chi connectivity index (χ1) is 11.8. The van der Waals surface area contributed by atoms with Gasteiger partial charge in [-0.2, -0.15) is 0 Å². The number of carbonyl (C=O) groups is 3. The normalized spacial score (nSPS) is 15.7. The molecule has 2 N–H and O–H groups in total. The quantitative estimate of drug-likeness (QED) is 0.799. The summed E-state index contributed by atoms with van der Waals surface area (Å²) in [6.45, 7) is 7.95. The molecule has 1 atom stereocenters. The third-order valence-electron chi connectivity index (χ3n) is 4.69. The number of imide groups is 1. The van der Waals surface area contributed by atoms with Gasteiger partial charge in [-0.05, 0) is 46.6 Å². The fourth-order valence-electron chi connectivity index (χ4n) is 3.28. The number of rotatable bonds is 5. The molecule has 138 valence electrons. The summed E-state index contributed by atoms with van der Waals surface area (Å²) in [5, 5.41) is 5.00. The number of aryl methyl sites for hydroxylation is 1. The Kier molecular flexibility index (Phi) is 6.22. The lowest BCUT2D eigenvalue weighted by molar-refractivity contribution is -0.127. The third-order valence-corrected chi connectivity index (χ3v) is 4.69. The van der Waals surface area contributed by atoms with Crippen LogP contribution in [0.5, 0.6) is 0 Å². The van der Waals surface area contributed by atoms with Crippen LogP contribution in [0.2, 0.25) is 0 Å². The van der Waals surface area contributed by atoms with Crippen LogP contribution in [0.1, 0.15) is 61.3 Å². The number of hydrogen-bond donors (Lipinski definition) is 2. The van der Waals surface area contributed by atoms with E-state index in [9.17, 15) is 14.4 Å². The maximum Gasteiger partial charge on any atom is 0.340 e. The van der Waals surface area contributed by atoms with Crippen molar-refractivity contribution in [3.05, 3.63) is 23.0 Å². The molecular weight excluding hydrogens is 322 g/mol. The van der Waals surface area contributed by atoms with E-state index in [1.54, 1.807) is 6.07 Å². The maximum atomic E-state index is 12.3. The molecule has 1 fully saturated rings. The van der Waals surface area contributed by atoms with Crippen LogP contribution < -0.4 is 10.6 Å². The lowest BCUT2D eigenvalue weighted by atomic mass is 10.2. The fourth-order valence-corrected chi connectivity index (χ4v) is 3.28. The van der Waals surface area contributed by atoms with Crippen LogP contribution >= 0.6 is 0 Å². The molecule has 1 aromatic rings. The monoisotopic (exact) mass is 349 g/mol. The minimum Gasteiger partial charge on any atom is -0.449 e. The number of carbonyl (C=O) groups excluding carboxylic acids is 3. The van der Waals surface area contributed by atoms with Gasteiger partial charge in [0.25, 0.3) is 5.91 Å². The van der Waals surface area contributed by atoms with Gasteiger partial charge in [-0.3, -0.25) is 10.1 Å². The van der Waals surface area contributed by atoms with Gasteiger partial charge in [0, 0.05) is 24.0 Å². The lowest BCUT2D eigenvalue weighted by Crippen LogP contribution is -2.47. The van der Waals surface area contributed by atoms with Gasteiger partial charge in [-0.25, -0.2) is 9.59 Å². The van der Waals surface area contributed by atoms with Gasteiger partial charge in [0.1, 0.15) is 0 Å². The number of esters is 1. The Morgan fingerprint density at radius 3 is 2.48 bits per heavy atom. The molecule has 1 saturated carbocycles. The highest BCUT2D eigenvalue weighted by Gasteiger charge is 2.24. The van der Waals surface area contributed by atoms with Crippen LogP contribution in [0, 0.1) is 13.8 Å². The molecule has 1 aliphatic carbocycles. The standard InChI is InChI=1S/C18H27N3O4/c1-5-21-11(2)10-15(12(21)3)17(23)25-13(4)16(22)20-18(24)19-14-8-6-7-9-14/h10,13-14H,5-9H2,1-4H3,(H2,19,20,22,24)/t13-/m0/s1. The highest BCUT2D eigenvalue weighted by atomic mass is 16.5. The summed E-state index contributed by atoms with van der Waals surface area (Å²) >= 11 is 0. The molecule has 1 aliphatic rings. The molecule has 1 aromatic heterocycles. The Balaban J connectivity index is 1.89. The minimum atomic E-state index is -1.05. The van der Waals surface area contributed by atoms with Crippen LogP contribution in [0.25, 0.3) is 0 Å². The predicted molar refractivity (Wildman–Crippen MR) is 93.4 cm³/mol. The molecule has 0 unspecified atom stereocenters. The van der Waals surface area contributed by atoms with Crippen LogP contribution in [-0.4, -0.2) is 34.6 Å². The van der Waals surface area contributed by atoms with Crippen molar-refractivity contribution in [2.75, 3.05) is 0 Å². The summed E-state index contributed by atoms with van der Waals surface area (Å²) < 4.78 is 7.21. The molecule has 0 aliphatic heterocycles. The number of ether oxygens (including phenoxy) is 1. The summed E-state index contributed by atoms with van der Waals surface area (Å²) in [4.78, 5) is 36.2. The van der Waals surface area contributed by atoms with Crippen molar-refractivity contribution in [1.82, 2.24) is 15.2 Å². The van der Waals surface area contributed by atoms with Gasteiger partial charge in [-0.1, -0.05) is 12.8 Å². The SMILES string of the molecule is CCn1c(C)cc(C(=O)O[C@@H](C)C(=O)NC(=O)NC2CCCC2)c1C. The molecule has 7 nitrogen and oxygen atoms in total. The van der Waals surface area contributed by atoms with Gasteiger partial charge < -0.3 is 14.6 Å². The van der Waals surface area contributed by atoms with Gasteiger partial charge in [0.2, 0.25) is 0 Å². The highest BCUT2D eigenvalue weighted by molar-refractivity contribution is 5.98. The zero-order chi connectivity index (χ0) is 18.6. The number of nitrogens with zero attached hydrogens (tertiary/aromatic N) is 1. The van der Waals surface area contributed by atoms with E-state index in [0.29, 0.717) is 5.56 Å². The largest absolute Gasteiger partial charge is 0.449 e. The summed E-state index contributed by atoms with van der Waals surface area (Å²) in [6, 6.07) is 1.33. The topological polar surface area (TPSA) is 89.4 Å². The Bertz CT molecular complexity index is 660. The Labute approximate surface area is 148 Å². The second-order valence-electron chi connectivity index (χ2n) is 6.52. The summed E-state index contributed by atoms with van der Waals surface area (Å²) in [5.41, 5.74) is 2.20. The molecule has 7 heteroatoms. The first-order valence-corrected chi connectivity index (χ1v) is 8.82. The molecule has 3 amide bonds. The average Bonchev–Trinajstić information content (AvgIpc) is 3.14. The van der Waals surface area contributed by atoms with Crippen LogP contribution in [0.4, 0.5) is 4.79 Å². The number of amides is 3. The predicted octanol–water partition coefficient (Wildman–Crippen LogP) is 2.44. The van der Waals surface area contributed by atoms with E-state index in [-0.39, 0.29) is 6.04 Å². The van der Waals surface area contributed by atoms with Gasteiger partial charge >= 0.3 is 12.0 Å². The minimum absolute atomic E-state index is 0.116. The van der Waals surface area contributed by atoms with E-state index in [1.165, 1.54) is 6.92 Å². The zero-order valence-electron chi connectivity index (χ0n) is 15.3. The second kappa shape index (κ2) is 8.18. The number of aromatic nitrogens is 1. The van der Waals surface area contributed by atoms with Crippen LogP contribution in [0.15, 0.2) is 6.07 Å². The van der Waals surface area contributed by atoms with Gasteiger partial charge in [0.05, 0.1) is 5.56 Å². The molecule has 0 spiro atoms. The first-order valence-electron chi connectivity index (χ1n) is 8.82. The molecule has 1 heterocycles.